The minimum atomic E-state index is -0.676. The van der Waals surface area contributed by atoms with Gasteiger partial charge in [-0.15, -0.1) is 0 Å². The van der Waals surface area contributed by atoms with Crippen molar-refractivity contribution in [2.75, 3.05) is 26.2 Å². The van der Waals surface area contributed by atoms with Gasteiger partial charge >= 0.3 is 6.03 Å². The molecule has 1 heterocycles. The second-order valence-electron chi connectivity index (χ2n) is 4.57. The van der Waals surface area contributed by atoms with Gasteiger partial charge < -0.3 is 9.80 Å². The van der Waals surface area contributed by atoms with Crippen molar-refractivity contribution in [1.29, 1.82) is 0 Å². The summed E-state index contributed by atoms with van der Waals surface area (Å²) in [5.41, 5.74) is -0.676. The fourth-order valence-electron chi connectivity index (χ4n) is 2.13. The van der Waals surface area contributed by atoms with E-state index in [2.05, 4.69) is 24.1 Å². The van der Waals surface area contributed by atoms with Gasteiger partial charge in [-0.2, -0.15) is 0 Å². The van der Waals surface area contributed by atoms with Crippen LogP contribution in [0.1, 0.15) is 34.1 Å². The number of carbonyl (C=O) groups excluding carboxylic acids is 2. The van der Waals surface area contributed by atoms with Crippen LogP contribution in [0.15, 0.2) is 0 Å². The Balaban J connectivity index is 2.68. The summed E-state index contributed by atoms with van der Waals surface area (Å²) in [5.74, 6) is -0.176. The largest absolute Gasteiger partial charge is 0.325 e. The van der Waals surface area contributed by atoms with Crippen LogP contribution in [-0.2, 0) is 4.79 Å². The van der Waals surface area contributed by atoms with Gasteiger partial charge in [0.05, 0.1) is 0 Å². The maximum absolute atomic E-state index is 11.7. The Labute approximate surface area is 103 Å². The lowest BCUT2D eigenvalue weighted by atomic mass is 9.97. The normalized spacial score (nSPS) is 24.6. The number of likely N-dealkylation sites (N-methyl/N-ethyl adjacent to an activating group) is 1. The van der Waals surface area contributed by atoms with Crippen LogP contribution in [0.5, 0.6) is 0 Å². The van der Waals surface area contributed by atoms with Crippen LogP contribution in [0.3, 0.4) is 0 Å². The molecule has 5 nitrogen and oxygen atoms in total. The van der Waals surface area contributed by atoms with E-state index in [0.29, 0.717) is 13.0 Å². The molecule has 0 spiro atoms. The molecule has 98 valence electrons. The Bertz CT molecular complexity index is 302. The van der Waals surface area contributed by atoms with Crippen molar-refractivity contribution >= 4 is 11.9 Å². The predicted octanol–water partition coefficient (Wildman–Crippen LogP) is 1.05. The average molecular weight is 241 g/mol. The summed E-state index contributed by atoms with van der Waals surface area (Å²) in [7, 11) is 0. The number of urea groups is 1. The molecule has 0 aromatic heterocycles. The molecule has 0 aromatic rings. The third kappa shape index (κ3) is 2.60. The second-order valence-corrected chi connectivity index (χ2v) is 4.57. The molecule has 0 saturated carbocycles. The van der Waals surface area contributed by atoms with Crippen LogP contribution in [0.25, 0.3) is 0 Å². The topological polar surface area (TPSA) is 52.6 Å². The van der Waals surface area contributed by atoms with Crippen molar-refractivity contribution in [1.82, 2.24) is 15.1 Å². The molecule has 1 saturated heterocycles. The van der Waals surface area contributed by atoms with E-state index in [-0.39, 0.29) is 11.9 Å². The zero-order chi connectivity index (χ0) is 13.1. The molecule has 1 rings (SSSR count). The summed E-state index contributed by atoms with van der Waals surface area (Å²) in [6.45, 7) is 11.3. The number of nitrogens with zero attached hydrogens (tertiary/aromatic N) is 2. The van der Waals surface area contributed by atoms with Crippen LogP contribution in [0.4, 0.5) is 4.79 Å². The average Bonchev–Trinajstić information content (AvgIpc) is 2.53. The van der Waals surface area contributed by atoms with E-state index in [4.69, 9.17) is 0 Å². The molecule has 1 aliphatic heterocycles. The van der Waals surface area contributed by atoms with E-state index in [1.165, 1.54) is 0 Å². The molecule has 0 aliphatic carbocycles. The first kappa shape index (κ1) is 14.0. The lowest BCUT2D eigenvalue weighted by molar-refractivity contribution is -0.126. The van der Waals surface area contributed by atoms with E-state index in [1.54, 1.807) is 4.90 Å². The van der Waals surface area contributed by atoms with Gasteiger partial charge in [-0.1, -0.05) is 20.8 Å². The molecule has 1 unspecified atom stereocenters. The van der Waals surface area contributed by atoms with Crippen LogP contribution >= 0.6 is 0 Å². The summed E-state index contributed by atoms with van der Waals surface area (Å²) in [6.07, 6.45) is 0.642. The van der Waals surface area contributed by atoms with Crippen molar-refractivity contribution in [3.8, 4) is 0 Å². The Kier molecular flexibility index (Phi) is 4.51. The minimum absolute atomic E-state index is 0.176. The molecule has 1 N–H and O–H groups in total. The molecule has 1 atom stereocenters. The van der Waals surface area contributed by atoms with Crippen LogP contribution in [0, 0.1) is 0 Å². The quantitative estimate of drug-likeness (QED) is 0.707. The molecular formula is C12H23N3O2. The van der Waals surface area contributed by atoms with Gasteiger partial charge in [-0.25, -0.2) is 4.79 Å². The minimum Gasteiger partial charge on any atom is -0.309 e. The molecule has 1 aliphatic rings. The highest BCUT2D eigenvalue weighted by atomic mass is 16.2. The summed E-state index contributed by atoms with van der Waals surface area (Å²) in [4.78, 5) is 27.4. The van der Waals surface area contributed by atoms with Crippen molar-refractivity contribution in [3.63, 3.8) is 0 Å². The number of amides is 3. The number of imide groups is 1. The zero-order valence-electron chi connectivity index (χ0n) is 11.2. The fraction of sp³-hybridized carbons (Fsp3) is 0.833. The zero-order valence-corrected chi connectivity index (χ0v) is 11.2. The number of hydrogen-bond acceptors (Lipinski definition) is 3. The summed E-state index contributed by atoms with van der Waals surface area (Å²) in [6, 6.07) is -0.258. The standard InChI is InChI=1S/C12H23N3O2/c1-5-12(4)10(16)13-11(17)15(12)9-8-14(6-2)7-3/h5-9H2,1-4H3,(H,13,16,17). The van der Waals surface area contributed by atoms with E-state index in [0.717, 1.165) is 19.6 Å². The number of rotatable bonds is 6. The van der Waals surface area contributed by atoms with E-state index >= 15 is 0 Å². The highest BCUT2D eigenvalue weighted by Gasteiger charge is 2.47. The first-order chi connectivity index (χ1) is 7.99. The highest BCUT2D eigenvalue weighted by molar-refractivity contribution is 6.06. The summed E-state index contributed by atoms with van der Waals surface area (Å²) >= 11 is 0. The van der Waals surface area contributed by atoms with E-state index in [9.17, 15) is 9.59 Å². The van der Waals surface area contributed by atoms with E-state index < -0.39 is 5.54 Å². The maximum atomic E-state index is 11.7. The highest BCUT2D eigenvalue weighted by Crippen LogP contribution is 2.24. The second kappa shape index (κ2) is 5.49. The monoisotopic (exact) mass is 241 g/mol. The first-order valence-electron chi connectivity index (χ1n) is 6.35. The Hall–Kier alpha value is -1.10. The van der Waals surface area contributed by atoms with Crippen molar-refractivity contribution in [2.24, 2.45) is 0 Å². The van der Waals surface area contributed by atoms with Crippen LogP contribution in [-0.4, -0.2) is 53.5 Å². The lowest BCUT2D eigenvalue weighted by Gasteiger charge is -2.32. The van der Waals surface area contributed by atoms with Gasteiger partial charge in [0.25, 0.3) is 5.91 Å². The third-order valence-electron chi connectivity index (χ3n) is 3.77. The molecule has 0 radical (unpaired) electrons. The van der Waals surface area contributed by atoms with Gasteiger partial charge in [0.2, 0.25) is 0 Å². The molecule has 5 heteroatoms. The SMILES string of the molecule is CCN(CC)CCN1C(=O)NC(=O)C1(C)CC. The van der Waals surface area contributed by atoms with E-state index in [1.807, 2.05) is 13.8 Å². The predicted molar refractivity (Wildman–Crippen MR) is 66.7 cm³/mol. The molecular weight excluding hydrogens is 218 g/mol. The fourth-order valence-corrected chi connectivity index (χ4v) is 2.13. The third-order valence-corrected chi connectivity index (χ3v) is 3.77. The van der Waals surface area contributed by atoms with Gasteiger partial charge in [-0.05, 0) is 26.4 Å². The molecule has 17 heavy (non-hydrogen) atoms. The number of hydrogen-bond donors (Lipinski definition) is 1. The number of nitrogens with one attached hydrogen (secondary N) is 1. The summed E-state index contributed by atoms with van der Waals surface area (Å²) in [5, 5.41) is 2.40. The Morgan fingerprint density at radius 1 is 1.24 bits per heavy atom. The van der Waals surface area contributed by atoms with Crippen molar-refractivity contribution < 1.29 is 9.59 Å². The number of carbonyl (C=O) groups is 2. The van der Waals surface area contributed by atoms with Crippen LogP contribution in [0.2, 0.25) is 0 Å². The van der Waals surface area contributed by atoms with Gasteiger partial charge in [0.15, 0.2) is 0 Å². The molecule has 0 bridgehead atoms. The van der Waals surface area contributed by atoms with Gasteiger partial charge in [0.1, 0.15) is 5.54 Å². The Morgan fingerprint density at radius 2 is 1.82 bits per heavy atom. The lowest BCUT2D eigenvalue weighted by Crippen LogP contribution is -2.49. The maximum Gasteiger partial charge on any atom is 0.325 e. The summed E-state index contributed by atoms with van der Waals surface area (Å²) < 4.78 is 0. The van der Waals surface area contributed by atoms with Crippen LogP contribution < -0.4 is 5.32 Å². The van der Waals surface area contributed by atoms with Crippen molar-refractivity contribution in [3.05, 3.63) is 0 Å². The first-order valence-corrected chi connectivity index (χ1v) is 6.35. The molecule has 3 amide bonds. The van der Waals surface area contributed by atoms with Gasteiger partial charge in [0, 0.05) is 13.1 Å². The van der Waals surface area contributed by atoms with Crippen molar-refractivity contribution in [2.45, 2.75) is 39.7 Å². The Morgan fingerprint density at radius 3 is 2.29 bits per heavy atom. The van der Waals surface area contributed by atoms with Gasteiger partial charge in [-0.3, -0.25) is 10.1 Å². The smallest absolute Gasteiger partial charge is 0.309 e. The molecule has 0 aromatic carbocycles. The molecule has 1 fully saturated rings.